The van der Waals surface area contributed by atoms with E-state index >= 15 is 0 Å². The summed E-state index contributed by atoms with van der Waals surface area (Å²) < 4.78 is 5.03. The number of hydrogen-bond acceptors (Lipinski definition) is 3. The molecule has 0 spiro atoms. The zero-order chi connectivity index (χ0) is 11.8. The quantitative estimate of drug-likeness (QED) is 0.785. The summed E-state index contributed by atoms with van der Waals surface area (Å²) in [5.74, 6) is 0.731. The van der Waals surface area contributed by atoms with E-state index in [1.807, 2.05) is 36.4 Å². The van der Waals surface area contributed by atoms with Crippen molar-refractivity contribution in [2.45, 2.75) is 13.5 Å². The first-order chi connectivity index (χ1) is 7.72. The van der Waals surface area contributed by atoms with Crippen LogP contribution in [0.1, 0.15) is 18.1 Å². The minimum absolute atomic E-state index is 0.153. The van der Waals surface area contributed by atoms with Gasteiger partial charge in [0, 0.05) is 19.8 Å². The smallest absolute Gasteiger partial charge is 0.186 e. The second kappa shape index (κ2) is 7.25. The highest BCUT2D eigenvalue weighted by molar-refractivity contribution is 8.13. The topological polar surface area (TPSA) is 26.3 Å². The Morgan fingerprint density at radius 1 is 1.38 bits per heavy atom. The highest BCUT2D eigenvalue weighted by atomic mass is 32.2. The van der Waals surface area contributed by atoms with Gasteiger partial charge in [0.25, 0.3) is 0 Å². The van der Waals surface area contributed by atoms with E-state index in [-0.39, 0.29) is 5.12 Å². The lowest BCUT2D eigenvalue weighted by Gasteiger charge is -1.99. The third-order valence-electron chi connectivity index (χ3n) is 1.98. The van der Waals surface area contributed by atoms with Gasteiger partial charge in [-0.2, -0.15) is 0 Å². The van der Waals surface area contributed by atoms with E-state index in [9.17, 15) is 4.79 Å². The highest BCUT2D eigenvalue weighted by Crippen LogP contribution is 2.08. The summed E-state index contributed by atoms with van der Waals surface area (Å²) in [6, 6.07) is 8.18. The second-order valence-corrected chi connectivity index (χ2v) is 4.58. The molecule has 0 radical (unpaired) electrons. The molecule has 3 heteroatoms. The molecule has 2 nitrogen and oxygen atoms in total. The maximum absolute atomic E-state index is 10.7. The fourth-order valence-corrected chi connectivity index (χ4v) is 1.67. The van der Waals surface area contributed by atoms with Crippen molar-refractivity contribution in [1.82, 2.24) is 0 Å². The number of thioether (sulfide) groups is 1. The van der Waals surface area contributed by atoms with Gasteiger partial charge >= 0.3 is 0 Å². The summed E-state index contributed by atoms with van der Waals surface area (Å²) >= 11 is 1.32. The zero-order valence-corrected chi connectivity index (χ0v) is 10.4. The molecule has 0 unspecified atom stereocenters. The van der Waals surface area contributed by atoms with Crippen molar-refractivity contribution < 1.29 is 9.53 Å². The Morgan fingerprint density at radius 3 is 2.62 bits per heavy atom. The molecule has 0 bridgehead atoms. The molecule has 0 N–H and O–H groups in total. The molecular formula is C13H16O2S. The highest BCUT2D eigenvalue weighted by Gasteiger charge is 1.92. The van der Waals surface area contributed by atoms with Crippen molar-refractivity contribution in [2.24, 2.45) is 0 Å². The Hall–Kier alpha value is -1.06. The van der Waals surface area contributed by atoms with Gasteiger partial charge in [-0.15, -0.1) is 0 Å². The Bertz CT molecular complexity index is 355. The van der Waals surface area contributed by atoms with E-state index < -0.39 is 0 Å². The minimum Gasteiger partial charge on any atom is -0.380 e. The number of hydrogen-bond donors (Lipinski definition) is 0. The second-order valence-electron chi connectivity index (χ2n) is 3.38. The van der Waals surface area contributed by atoms with Crippen molar-refractivity contribution >= 4 is 23.0 Å². The lowest BCUT2D eigenvalue weighted by molar-refractivity contribution is -0.109. The van der Waals surface area contributed by atoms with Gasteiger partial charge in [0.2, 0.25) is 0 Å². The number of benzene rings is 1. The van der Waals surface area contributed by atoms with Crippen LogP contribution in [0.4, 0.5) is 0 Å². The van der Waals surface area contributed by atoms with Gasteiger partial charge in [0.05, 0.1) is 6.61 Å². The molecule has 1 rings (SSSR count). The average Bonchev–Trinajstić information content (AvgIpc) is 2.27. The van der Waals surface area contributed by atoms with Crippen LogP contribution < -0.4 is 0 Å². The molecule has 0 aliphatic carbocycles. The Kier molecular flexibility index (Phi) is 5.90. The van der Waals surface area contributed by atoms with Crippen LogP contribution in [0, 0.1) is 0 Å². The lowest BCUT2D eigenvalue weighted by atomic mass is 10.1. The fraction of sp³-hybridized carbons (Fsp3) is 0.308. The molecule has 0 heterocycles. The zero-order valence-electron chi connectivity index (χ0n) is 9.60. The predicted molar refractivity (Wildman–Crippen MR) is 69.3 cm³/mol. The average molecular weight is 236 g/mol. The van der Waals surface area contributed by atoms with E-state index in [1.54, 1.807) is 14.0 Å². The molecule has 0 aliphatic rings. The van der Waals surface area contributed by atoms with E-state index in [0.717, 1.165) is 16.9 Å². The first-order valence-corrected chi connectivity index (χ1v) is 6.08. The van der Waals surface area contributed by atoms with E-state index in [4.69, 9.17) is 4.74 Å². The summed E-state index contributed by atoms with van der Waals surface area (Å²) in [5, 5.41) is 0.153. The van der Waals surface area contributed by atoms with Crippen molar-refractivity contribution in [3.8, 4) is 0 Å². The summed E-state index contributed by atoms with van der Waals surface area (Å²) in [6.45, 7) is 2.22. The molecule has 0 aromatic heterocycles. The molecule has 0 atom stereocenters. The van der Waals surface area contributed by atoms with Gasteiger partial charge < -0.3 is 4.74 Å². The van der Waals surface area contributed by atoms with E-state index in [0.29, 0.717) is 6.61 Å². The van der Waals surface area contributed by atoms with Gasteiger partial charge in [0.1, 0.15) is 0 Å². The van der Waals surface area contributed by atoms with Gasteiger partial charge in [-0.1, -0.05) is 48.2 Å². The fourth-order valence-electron chi connectivity index (χ4n) is 1.24. The van der Waals surface area contributed by atoms with Crippen LogP contribution >= 0.6 is 11.8 Å². The van der Waals surface area contributed by atoms with Crippen LogP contribution in [0.15, 0.2) is 30.3 Å². The summed E-state index contributed by atoms with van der Waals surface area (Å²) in [5.41, 5.74) is 2.31. The number of carbonyl (C=O) groups is 1. The number of rotatable bonds is 5. The van der Waals surface area contributed by atoms with E-state index in [1.165, 1.54) is 11.8 Å². The normalized spacial score (nSPS) is 10.9. The largest absolute Gasteiger partial charge is 0.380 e. The van der Waals surface area contributed by atoms with Crippen LogP contribution in [-0.2, 0) is 16.1 Å². The molecule has 86 valence electrons. The van der Waals surface area contributed by atoms with Crippen molar-refractivity contribution in [3.05, 3.63) is 41.5 Å². The maximum atomic E-state index is 10.7. The van der Waals surface area contributed by atoms with Crippen LogP contribution in [0.3, 0.4) is 0 Å². The Balaban J connectivity index is 2.45. The van der Waals surface area contributed by atoms with Gasteiger partial charge in [-0.25, -0.2) is 0 Å². The Labute approximate surface area is 101 Å². The van der Waals surface area contributed by atoms with Crippen LogP contribution in [-0.4, -0.2) is 18.0 Å². The molecule has 0 amide bonds. The van der Waals surface area contributed by atoms with Crippen LogP contribution in [0.2, 0.25) is 0 Å². The molecule has 1 aromatic carbocycles. The lowest BCUT2D eigenvalue weighted by Crippen LogP contribution is -1.86. The van der Waals surface area contributed by atoms with Gasteiger partial charge in [-0.05, 0) is 11.1 Å². The van der Waals surface area contributed by atoms with Crippen molar-refractivity contribution in [3.63, 3.8) is 0 Å². The first kappa shape index (κ1) is 13.0. The summed E-state index contributed by atoms with van der Waals surface area (Å²) in [6.07, 6.45) is 4.02. The van der Waals surface area contributed by atoms with Gasteiger partial charge in [0.15, 0.2) is 5.12 Å². The Morgan fingerprint density at radius 2 is 2.06 bits per heavy atom. The third-order valence-corrected chi connectivity index (χ3v) is 2.75. The molecule has 16 heavy (non-hydrogen) atoms. The SMILES string of the molecule is COCc1ccc(C=CCSC(C)=O)cc1. The molecule has 0 saturated carbocycles. The number of carbonyl (C=O) groups excluding carboxylic acids is 1. The number of ether oxygens (including phenoxy) is 1. The monoisotopic (exact) mass is 236 g/mol. The van der Waals surface area contributed by atoms with Crippen molar-refractivity contribution in [1.29, 1.82) is 0 Å². The standard InChI is InChI=1S/C13H16O2S/c1-11(14)16-9-3-4-12-5-7-13(8-6-12)10-15-2/h3-8H,9-10H2,1-2H3. The molecule has 0 fully saturated rings. The molecule has 0 saturated heterocycles. The molecule has 1 aromatic rings. The van der Waals surface area contributed by atoms with Crippen LogP contribution in [0.25, 0.3) is 6.08 Å². The maximum Gasteiger partial charge on any atom is 0.186 e. The minimum atomic E-state index is 0.153. The summed E-state index contributed by atoms with van der Waals surface area (Å²) in [4.78, 5) is 10.7. The van der Waals surface area contributed by atoms with Crippen molar-refractivity contribution in [2.75, 3.05) is 12.9 Å². The van der Waals surface area contributed by atoms with Crippen LogP contribution in [0.5, 0.6) is 0 Å². The molecular weight excluding hydrogens is 220 g/mol. The first-order valence-electron chi connectivity index (χ1n) is 5.10. The molecule has 0 aliphatic heterocycles. The summed E-state index contributed by atoms with van der Waals surface area (Å²) in [7, 11) is 1.69. The third kappa shape index (κ3) is 5.14. The van der Waals surface area contributed by atoms with Gasteiger partial charge in [-0.3, -0.25) is 4.79 Å². The van der Waals surface area contributed by atoms with E-state index in [2.05, 4.69) is 0 Å². The predicted octanol–water partition coefficient (Wildman–Crippen LogP) is 3.13. The number of methoxy groups -OCH3 is 1.